The molecule has 1 saturated heterocycles. The van der Waals surface area contributed by atoms with Crippen LogP contribution in [0.3, 0.4) is 0 Å². The fraction of sp³-hybridized carbons (Fsp3) is 0.148. The van der Waals surface area contributed by atoms with Gasteiger partial charge < -0.3 is 4.74 Å². The highest BCUT2D eigenvalue weighted by atomic mass is 79.9. The smallest absolute Gasteiger partial charge is 0.335 e. The first kappa shape index (κ1) is 24.9. The SMILES string of the molecule is Cc1cc(C)cc(COc2ccc(Br)cc2/C=C2/C(=O)NC(=O)N(c3ccc(Br)cc3C)C2=O)c1. The third-order valence-corrected chi connectivity index (χ3v) is 6.44. The fourth-order valence-corrected chi connectivity index (χ4v) is 4.83. The quantitative estimate of drug-likeness (QED) is 0.273. The average molecular weight is 598 g/mol. The van der Waals surface area contributed by atoms with Gasteiger partial charge in [0.2, 0.25) is 0 Å². The van der Waals surface area contributed by atoms with Crippen LogP contribution in [0.1, 0.15) is 27.8 Å². The van der Waals surface area contributed by atoms with Gasteiger partial charge in [-0.3, -0.25) is 14.9 Å². The van der Waals surface area contributed by atoms with Crippen molar-refractivity contribution < 1.29 is 19.1 Å². The first-order valence-corrected chi connectivity index (χ1v) is 12.4. The van der Waals surface area contributed by atoms with Gasteiger partial charge >= 0.3 is 6.03 Å². The predicted octanol–water partition coefficient (Wildman–Crippen LogP) is 6.38. The Balaban J connectivity index is 1.69. The number of aryl methyl sites for hydroxylation is 3. The molecule has 0 spiro atoms. The zero-order chi connectivity index (χ0) is 25.3. The van der Waals surface area contributed by atoms with Crippen LogP contribution >= 0.6 is 31.9 Å². The lowest BCUT2D eigenvalue weighted by Crippen LogP contribution is -2.54. The molecule has 1 N–H and O–H groups in total. The number of carbonyl (C=O) groups excluding carboxylic acids is 3. The van der Waals surface area contributed by atoms with Crippen LogP contribution in [0.5, 0.6) is 5.75 Å². The number of hydrogen-bond acceptors (Lipinski definition) is 4. The summed E-state index contributed by atoms with van der Waals surface area (Å²) in [6, 6.07) is 15.9. The molecule has 4 rings (SSSR count). The standard InChI is InChI=1S/C27H22Br2N2O4/c1-15-8-16(2)10-18(9-15)14-35-24-7-5-21(29)12-19(24)13-22-25(32)30-27(34)31(26(22)33)23-6-4-20(28)11-17(23)3/h4-13H,14H2,1-3H3,(H,30,32,34)/b22-13-. The highest BCUT2D eigenvalue weighted by molar-refractivity contribution is 9.10. The van der Waals surface area contributed by atoms with Gasteiger partial charge in [0.25, 0.3) is 11.8 Å². The number of anilines is 1. The Bertz CT molecular complexity index is 1380. The van der Waals surface area contributed by atoms with Gasteiger partial charge in [-0.15, -0.1) is 0 Å². The molecule has 0 saturated carbocycles. The number of nitrogens with zero attached hydrogens (tertiary/aromatic N) is 1. The van der Waals surface area contributed by atoms with Crippen molar-refractivity contribution in [2.75, 3.05) is 4.90 Å². The molecule has 0 atom stereocenters. The van der Waals surface area contributed by atoms with E-state index in [9.17, 15) is 14.4 Å². The van der Waals surface area contributed by atoms with E-state index in [4.69, 9.17) is 4.74 Å². The summed E-state index contributed by atoms with van der Waals surface area (Å²) in [5.41, 5.74) is 4.76. The van der Waals surface area contributed by atoms with E-state index in [1.54, 1.807) is 37.3 Å². The van der Waals surface area contributed by atoms with Gasteiger partial charge in [-0.2, -0.15) is 0 Å². The van der Waals surface area contributed by atoms with Crippen molar-refractivity contribution in [2.24, 2.45) is 0 Å². The number of halogens is 2. The number of carbonyl (C=O) groups is 3. The van der Waals surface area contributed by atoms with Crippen LogP contribution in [0.4, 0.5) is 10.5 Å². The highest BCUT2D eigenvalue weighted by Gasteiger charge is 2.37. The van der Waals surface area contributed by atoms with E-state index in [2.05, 4.69) is 43.2 Å². The monoisotopic (exact) mass is 596 g/mol. The van der Waals surface area contributed by atoms with Crippen molar-refractivity contribution in [3.05, 3.63) is 96.9 Å². The van der Waals surface area contributed by atoms with Gasteiger partial charge in [0.1, 0.15) is 17.9 Å². The second kappa shape index (κ2) is 10.2. The Morgan fingerprint density at radius 2 is 1.54 bits per heavy atom. The number of imide groups is 2. The van der Waals surface area contributed by atoms with Crippen molar-refractivity contribution >= 4 is 61.5 Å². The Morgan fingerprint density at radius 3 is 2.23 bits per heavy atom. The minimum absolute atomic E-state index is 0.165. The molecule has 1 aliphatic heterocycles. The largest absolute Gasteiger partial charge is 0.488 e. The summed E-state index contributed by atoms with van der Waals surface area (Å²) in [5, 5.41) is 2.27. The summed E-state index contributed by atoms with van der Waals surface area (Å²) in [5.74, 6) is -0.959. The molecule has 3 aromatic rings. The number of urea groups is 1. The Morgan fingerprint density at radius 1 is 0.886 bits per heavy atom. The number of ether oxygens (including phenoxy) is 1. The van der Waals surface area contributed by atoms with Gasteiger partial charge in [0, 0.05) is 14.5 Å². The summed E-state index contributed by atoms with van der Waals surface area (Å²) in [7, 11) is 0. The Kier molecular flexibility index (Phi) is 7.23. The molecular formula is C27H22Br2N2O4. The van der Waals surface area contributed by atoms with Crippen LogP contribution in [0, 0.1) is 20.8 Å². The molecule has 6 nitrogen and oxygen atoms in total. The van der Waals surface area contributed by atoms with E-state index in [0.717, 1.165) is 30.5 Å². The van der Waals surface area contributed by atoms with Crippen molar-refractivity contribution in [3.63, 3.8) is 0 Å². The first-order valence-electron chi connectivity index (χ1n) is 10.8. The minimum atomic E-state index is -0.789. The Labute approximate surface area is 220 Å². The van der Waals surface area contributed by atoms with Gasteiger partial charge in [0.15, 0.2) is 0 Å². The third kappa shape index (κ3) is 5.55. The molecule has 4 amide bonds. The van der Waals surface area contributed by atoms with Gasteiger partial charge in [-0.05, 0) is 74.4 Å². The lowest BCUT2D eigenvalue weighted by atomic mass is 10.0. The number of barbiturate groups is 1. The van der Waals surface area contributed by atoms with E-state index in [1.807, 2.05) is 32.0 Å². The maximum absolute atomic E-state index is 13.4. The van der Waals surface area contributed by atoms with E-state index >= 15 is 0 Å². The number of benzene rings is 3. The first-order chi connectivity index (χ1) is 16.6. The molecule has 0 radical (unpaired) electrons. The normalized spacial score (nSPS) is 14.9. The number of hydrogen-bond donors (Lipinski definition) is 1. The molecule has 1 heterocycles. The molecule has 8 heteroatoms. The summed E-state index contributed by atoms with van der Waals surface area (Å²) in [6.45, 7) is 6.16. The molecule has 1 aliphatic rings. The topological polar surface area (TPSA) is 75.7 Å². The van der Waals surface area contributed by atoms with Crippen molar-refractivity contribution in [2.45, 2.75) is 27.4 Å². The number of rotatable bonds is 5. The zero-order valence-electron chi connectivity index (χ0n) is 19.3. The van der Waals surface area contributed by atoms with Crippen molar-refractivity contribution in [1.29, 1.82) is 0 Å². The third-order valence-electron chi connectivity index (χ3n) is 5.45. The summed E-state index contributed by atoms with van der Waals surface area (Å²) in [4.78, 5) is 39.6. The molecule has 0 aromatic heterocycles. The lowest BCUT2D eigenvalue weighted by Gasteiger charge is -2.27. The molecule has 35 heavy (non-hydrogen) atoms. The predicted molar refractivity (Wildman–Crippen MR) is 142 cm³/mol. The van der Waals surface area contributed by atoms with E-state index in [-0.39, 0.29) is 5.57 Å². The van der Waals surface area contributed by atoms with Crippen molar-refractivity contribution in [3.8, 4) is 5.75 Å². The molecule has 1 fully saturated rings. The second-order valence-corrected chi connectivity index (χ2v) is 10.2. The summed E-state index contributed by atoms with van der Waals surface area (Å²) < 4.78 is 7.64. The van der Waals surface area contributed by atoms with Crippen LogP contribution < -0.4 is 15.0 Å². The molecule has 0 aliphatic carbocycles. The van der Waals surface area contributed by atoms with E-state index in [1.165, 1.54) is 6.08 Å². The van der Waals surface area contributed by atoms with Crippen LogP contribution in [-0.2, 0) is 16.2 Å². The van der Waals surface area contributed by atoms with Gasteiger partial charge in [-0.1, -0.05) is 61.2 Å². The van der Waals surface area contributed by atoms with Crippen LogP contribution in [0.15, 0.2) is 69.1 Å². The van der Waals surface area contributed by atoms with Crippen LogP contribution in [-0.4, -0.2) is 17.8 Å². The van der Waals surface area contributed by atoms with Crippen molar-refractivity contribution in [1.82, 2.24) is 5.32 Å². The average Bonchev–Trinajstić information content (AvgIpc) is 2.76. The van der Waals surface area contributed by atoms with E-state index in [0.29, 0.717) is 29.2 Å². The summed E-state index contributed by atoms with van der Waals surface area (Å²) in [6.07, 6.45) is 1.45. The fourth-order valence-electron chi connectivity index (χ4n) is 3.98. The minimum Gasteiger partial charge on any atom is -0.488 e. The number of amides is 4. The molecule has 178 valence electrons. The summed E-state index contributed by atoms with van der Waals surface area (Å²) >= 11 is 6.82. The molecule has 0 bridgehead atoms. The molecular weight excluding hydrogens is 576 g/mol. The number of nitrogens with one attached hydrogen (secondary N) is 1. The maximum atomic E-state index is 13.4. The van der Waals surface area contributed by atoms with Crippen LogP contribution in [0.2, 0.25) is 0 Å². The van der Waals surface area contributed by atoms with Crippen LogP contribution in [0.25, 0.3) is 6.08 Å². The van der Waals surface area contributed by atoms with E-state index < -0.39 is 17.8 Å². The molecule has 0 unspecified atom stereocenters. The molecule has 3 aromatic carbocycles. The van der Waals surface area contributed by atoms with Gasteiger partial charge in [-0.25, -0.2) is 9.69 Å². The maximum Gasteiger partial charge on any atom is 0.335 e. The second-order valence-electron chi connectivity index (χ2n) is 8.36. The zero-order valence-corrected chi connectivity index (χ0v) is 22.5. The Hall–Kier alpha value is -3.23. The lowest BCUT2D eigenvalue weighted by molar-refractivity contribution is -0.122. The van der Waals surface area contributed by atoms with Gasteiger partial charge in [0.05, 0.1) is 5.69 Å². The highest BCUT2D eigenvalue weighted by Crippen LogP contribution is 2.30.